The van der Waals surface area contributed by atoms with Crippen molar-refractivity contribution in [3.63, 3.8) is 0 Å². The monoisotopic (exact) mass is 429 g/mol. The summed E-state index contributed by atoms with van der Waals surface area (Å²) in [6.07, 6.45) is -4.29. The van der Waals surface area contributed by atoms with Crippen molar-refractivity contribution in [1.82, 2.24) is 14.8 Å². The summed E-state index contributed by atoms with van der Waals surface area (Å²) < 4.78 is 51.5. The second-order valence-electron chi connectivity index (χ2n) is 5.80. The molecule has 148 valence electrons. The SMILES string of the molecule is COc1ccc(OC)c(Cc2n[nH]c(=S)n2-c2cc(C(F)(F)F)ccc2Cl)c1. The lowest BCUT2D eigenvalue weighted by molar-refractivity contribution is -0.137. The molecule has 5 nitrogen and oxygen atoms in total. The van der Waals surface area contributed by atoms with E-state index in [1.807, 2.05) is 0 Å². The Bertz CT molecular complexity index is 1060. The minimum absolute atomic E-state index is 0.0899. The number of hydrogen-bond donors (Lipinski definition) is 1. The molecule has 2 aromatic carbocycles. The number of hydrogen-bond acceptors (Lipinski definition) is 4. The second-order valence-corrected chi connectivity index (χ2v) is 6.59. The molecular formula is C18H15ClF3N3O2S. The lowest BCUT2D eigenvalue weighted by Gasteiger charge is -2.14. The van der Waals surface area contributed by atoms with Crippen LogP contribution >= 0.6 is 23.8 Å². The molecule has 0 bridgehead atoms. The fourth-order valence-electron chi connectivity index (χ4n) is 2.75. The number of methoxy groups -OCH3 is 2. The number of benzene rings is 2. The van der Waals surface area contributed by atoms with Gasteiger partial charge < -0.3 is 9.47 Å². The number of rotatable bonds is 5. The standard InChI is InChI=1S/C18H15ClF3N3O2S/c1-26-12-4-6-15(27-2)10(7-12)8-16-23-24-17(28)25(16)14-9-11(18(20,21)22)3-5-13(14)19/h3-7,9H,8H2,1-2H3,(H,24,28). The van der Waals surface area contributed by atoms with Crippen LogP contribution in [-0.2, 0) is 12.6 Å². The van der Waals surface area contributed by atoms with Crippen LogP contribution in [0, 0.1) is 4.77 Å². The molecule has 3 rings (SSSR count). The van der Waals surface area contributed by atoms with Crippen LogP contribution in [0.5, 0.6) is 11.5 Å². The predicted molar refractivity (Wildman–Crippen MR) is 101 cm³/mol. The molecule has 0 spiro atoms. The number of alkyl halides is 3. The number of nitrogens with one attached hydrogen (secondary N) is 1. The van der Waals surface area contributed by atoms with Crippen molar-refractivity contribution in [2.24, 2.45) is 0 Å². The molecule has 1 N–H and O–H groups in total. The predicted octanol–water partition coefficient (Wildman–Crippen LogP) is 5.21. The molecule has 0 saturated carbocycles. The van der Waals surface area contributed by atoms with E-state index in [0.29, 0.717) is 17.3 Å². The molecule has 0 aliphatic heterocycles. The van der Waals surface area contributed by atoms with Crippen molar-refractivity contribution in [3.8, 4) is 17.2 Å². The summed E-state index contributed by atoms with van der Waals surface area (Å²) in [5, 5.41) is 6.89. The Morgan fingerprint density at radius 1 is 1.14 bits per heavy atom. The molecule has 0 aliphatic carbocycles. The Hall–Kier alpha value is -2.52. The molecule has 0 radical (unpaired) electrons. The smallest absolute Gasteiger partial charge is 0.416 e. The Morgan fingerprint density at radius 2 is 1.89 bits per heavy atom. The van der Waals surface area contributed by atoms with E-state index in [4.69, 9.17) is 33.3 Å². The van der Waals surface area contributed by atoms with Gasteiger partial charge in [-0.1, -0.05) is 11.6 Å². The number of aromatic amines is 1. The second kappa shape index (κ2) is 7.84. The van der Waals surface area contributed by atoms with Crippen LogP contribution < -0.4 is 9.47 Å². The van der Waals surface area contributed by atoms with E-state index in [1.165, 1.54) is 24.9 Å². The van der Waals surface area contributed by atoms with Crippen LogP contribution in [0.1, 0.15) is 17.0 Å². The van der Waals surface area contributed by atoms with E-state index in [0.717, 1.165) is 17.7 Å². The topological polar surface area (TPSA) is 52.1 Å². The van der Waals surface area contributed by atoms with E-state index in [1.54, 1.807) is 18.2 Å². The average Bonchev–Trinajstić information content (AvgIpc) is 3.01. The minimum Gasteiger partial charge on any atom is -0.497 e. The highest BCUT2D eigenvalue weighted by Gasteiger charge is 2.31. The fourth-order valence-corrected chi connectivity index (χ4v) is 3.20. The first kappa shape index (κ1) is 20.2. The Balaban J connectivity index is 2.11. The van der Waals surface area contributed by atoms with Crippen molar-refractivity contribution >= 4 is 23.8 Å². The fraction of sp³-hybridized carbons (Fsp3) is 0.222. The van der Waals surface area contributed by atoms with Crippen LogP contribution in [-0.4, -0.2) is 29.0 Å². The van der Waals surface area contributed by atoms with Gasteiger partial charge in [0.1, 0.15) is 17.3 Å². The lowest BCUT2D eigenvalue weighted by Crippen LogP contribution is -2.09. The van der Waals surface area contributed by atoms with Gasteiger partial charge in [-0.15, -0.1) is 0 Å². The van der Waals surface area contributed by atoms with Gasteiger partial charge in [0.05, 0.1) is 30.5 Å². The van der Waals surface area contributed by atoms with Crippen LogP contribution in [0.25, 0.3) is 5.69 Å². The first-order chi connectivity index (χ1) is 13.2. The normalized spacial score (nSPS) is 11.5. The summed E-state index contributed by atoms with van der Waals surface area (Å²) in [4.78, 5) is 0. The Kier molecular flexibility index (Phi) is 5.66. The molecule has 28 heavy (non-hydrogen) atoms. The molecule has 0 unspecified atom stereocenters. The molecule has 0 aliphatic rings. The zero-order valence-corrected chi connectivity index (χ0v) is 16.4. The summed E-state index contributed by atoms with van der Waals surface area (Å²) in [7, 11) is 3.05. The summed E-state index contributed by atoms with van der Waals surface area (Å²) in [5.41, 5.74) is -0.0211. The third-order valence-corrected chi connectivity index (χ3v) is 4.69. The highest BCUT2D eigenvalue weighted by molar-refractivity contribution is 7.71. The lowest BCUT2D eigenvalue weighted by atomic mass is 10.1. The summed E-state index contributed by atoms with van der Waals surface area (Å²) in [6, 6.07) is 8.28. The van der Waals surface area contributed by atoms with Crippen molar-refractivity contribution in [1.29, 1.82) is 0 Å². The van der Waals surface area contributed by atoms with Gasteiger partial charge in [-0.25, -0.2) is 0 Å². The van der Waals surface area contributed by atoms with Crippen LogP contribution in [0.4, 0.5) is 13.2 Å². The van der Waals surface area contributed by atoms with E-state index in [-0.39, 0.29) is 21.9 Å². The average molecular weight is 430 g/mol. The van der Waals surface area contributed by atoms with Gasteiger partial charge in [0.15, 0.2) is 4.77 Å². The molecular weight excluding hydrogens is 415 g/mol. The molecule has 10 heteroatoms. The van der Waals surface area contributed by atoms with Crippen molar-refractivity contribution in [2.75, 3.05) is 14.2 Å². The third-order valence-electron chi connectivity index (χ3n) is 4.09. The molecule has 3 aromatic rings. The molecule has 0 amide bonds. The molecule has 1 heterocycles. The highest BCUT2D eigenvalue weighted by atomic mass is 35.5. The first-order valence-electron chi connectivity index (χ1n) is 7.99. The molecule has 0 saturated heterocycles. The third kappa shape index (κ3) is 4.00. The first-order valence-corrected chi connectivity index (χ1v) is 8.77. The van der Waals surface area contributed by atoms with Crippen molar-refractivity contribution in [3.05, 3.63) is 63.1 Å². The molecule has 1 aromatic heterocycles. The van der Waals surface area contributed by atoms with Gasteiger partial charge in [-0.3, -0.25) is 9.67 Å². The highest BCUT2D eigenvalue weighted by Crippen LogP contribution is 2.34. The maximum atomic E-state index is 13.1. The maximum Gasteiger partial charge on any atom is 0.416 e. The summed E-state index contributed by atoms with van der Waals surface area (Å²) in [6.45, 7) is 0. The zero-order valence-electron chi connectivity index (χ0n) is 14.8. The molecule has 0 atom stereocenters. The number of H-pyrrole nitrogens is 1. The number of ether oxygens (including phenoxy) is 2. The quantitative estimate of drug-likeness (QED) is 0.566. The van der Waals surface area contributed by atoms with E-state index >= 15 is 0 Å². The van der Waals surface area contributed by atoms with Gasteiger partial charge in [-0.2, -0.15) is 18.3 Å². The van der Waals surface area contributed by atoms with E-state index in [9.17, 15) is 13.2 Å². The van der Waals surface area contributed by atoms with Crippen molar-refractivity contribution in [2.45, 2.75) is 12.6 Å². The maximum absolute atomic E-state index is 13.1. The number of aromatic nitrogens is 3. The van der Waals surface area contributed by atoms with Crippen LogP contribution in [0.15, 0.2) is 36.4 Å². The Morgan fingerprint density at radius 3 is 2.54 bits per heavy atom. The van der Waals surface area contributed by atoms with Gasteiger partial charge in [0.25, 0.3) is 0 Å². The largest absolute Gasteiger partial charge is 0.497 e. The molecule has 0 fully saturated rings. The number of nitrogens with zero attached hydrogens (tertiary/aromatic N) is 2. The van der Waals surface area contributed by atoms with Crippen LogP contribution in [0.2, 0.25) is 5.02 Å². The summed E-state index contributed by atoms with van der Waals surface area (Å²) >= 11 is 11.4. The van der Waals surface area contributed by atoms with Gasteiger partial charge in [-0.05, 0) is 48.6 Å². The van der Waals surface area contributed by atoms with Gasteiger partial charge in [0, 0.05) is 12.0 Å². The van der Waals surface area contributed by atoms with Crippen molar-refractivity contribution < 1.29 is 22.6 Å². The van der Waals surface area contributed by atoms with E-state index in [2.05, 4.69) is 10.2 Å². The number of halogens is 4. The van der Waals surface area contributed by atoms with E-state index < -0.39 is 11.7 Å². The zero-order chi connectivity index (χ0) is 20.5. The Labute approximate surface area is 168 Å². The van der Waals surface area contributed by atoms with Crippen LogP contribution in [0.3, 0.4) is 0 Å². The van der Waals surface area contributed by atoms with Gasteiger partial charge in [0.2, 0.25) is 0 Å². The minimum atomic E-state index is -4.51. The summed E-state index contributed by atoms with van der Waals surface area (Å²) in [5.74, 6) is 1.56. The van der Waals surface area contributed by atoms with Gasteiger partial charge >= 0.3 is 6.18 Å².